The molecule has 2 heterocycles. The number of benzene rings is 2. The molecular weight excluding hydrogens is 535 g/mol. The molecule has 1 N–H and O–H groups in total. The third-order valence-electron chi connectivity index (χ3n) is 8.63. The SMILES string of the molecule is CC(C)(C)c1cnc(CCN2CCc3cc(S(=O)(=O)Nc4ccc(CCCC5CCCC5)cc4F)ccc3C2)nc1. The van der Waals surface area contributed by atoms with Gasteiger partial charge >= 0.3 is 0 Å². The Hall–Kier alpha value is -2.84. The molecule has 2 aromatic carbocycles. The number of aromatic nitrogens is 2. The highest BCUT2D eigenvalue weighted by Gasteiger charge is 2.22. The van der Waals surface area contributed by atoms with Crippen LogP contribution in [0.5, 0.6) is 0 Å². The molecule has 0 unspecified atom stereocenters. The molecule has 1 aromatic heterocycles. The van der Waals surface area contributed by atoms with Crippen LogP contribution in [0.4, 0.5) is 10.1 Å². The number of rotatable bonds is 10. The Labute approximate surface area is 244 Å². The zero-order valence-corrected chi connectivity index (χ0v) is 25.4. The van der Waals surface area contributed by atoms with E-state index in [1.807, 2.05) is 24.5 Å². The number of hydrogen-bond acceptors (Lipinski definition) is 5. The third kappa shape index (κ3) is 7.72. The van der Waals surface area contributed by atoms with E-state index < -0.39 is 15.8 Å². The molecule has 0 spiro atoms. The van der Waals surface area contributed by atoms with Crippen LogP contribution >= 0.6 is 0 Å². The van der Waals surface area contributed by atoms with Crippen LogP contribution in [0.1, 0.15) is 87.4 Å². The Morgan fingerprint density at radius 3 is 2.46 bits per heavy atom. The maximum atomic E-state index is 14.9. The summed E-state index contributed by atoms with van der Waals surface area (Å²) in [5, 5.41) is 0. The Balaban J connectivity index is 1.15. The molecule has 220 valence electrons. The van der Waals surface area contributed by atoms with Gasteiger partial charge in [0.2, 0.25) is 0 Å². The highest BCUT2D eigenvalue weighted by atomic mass is 32.2. The van der Waals surface area contributed by atoms with Gasteiger partial charge in [-0.05, 0) is 77.1 Å². The second kappa shape index (κ2) is 12.6. The van der Waals surface area contributed by atoms with E-state index in [9.17, 15) is 12.8 Å². The van der Waals surface area contributed by atoms with Crippen molar-refractivity contribution in [2.75, 3.05) is 17.8 Å². The monoisotopic (exact) mass is 578 g/mol. The summed E-state index contributed by atoms with van der Waals surface area (Å²) in [6.45, 7) is 8.87. The van der Waals surface area contributed by atoms with E-state index in [0.717, 1.165) is 79.3 Å². The van der Waals surface area contributed by atoms with E-state index in [-0.39, 0.29) is 16.0 Å². The summed E-state index contributed by atoms with van der Waals surface area (Å²) in [5.74, 6) is 1.12. The molecule has 0 atom stereocenters. The van der Waals surface area contributed by atoms with Crippen molar-refractivity contribution in [3.05, 3.63) is 82.7 Å². The number of hydrogen-bond donors (Lipinski definition) is 1. The van der Waals surface area contributed by atoms with Gasteiger partial charge in [-0.2, -0.15) is 0 Å². The molecule has 1 saturated carbocycles. The molecule has 0 saturated heterocycles. The van der Waals surface area contributed by atoms with Crippen LogP contribution in [-0.2, 0) is 41.2 Å². The summed E-state index contributed by atoms with van der Waals surface area (Å²) in [6.07, 6.45) is 13.7. The molecule has 6 nitrogen and oxygen atoms in total. The Bertz CT molecular complexity index is 1450. The summed E-state index contributed by atoms with van der Waals surface area (Å²) >= 11 is 0. The van der Waals surface area contributed by atoms with Crippen LogP contribution in [0.2, 0.25) is 0 Å². The minimum absolute atomic E-state index is 0.00816. The van der Waals surface area contributed by atoms with Gasteiger partial charge in [-0.3, -0.25) is 9.62 Å². The van der Waals surface area contributed by atoms with Crippen molar-refractivity contribution in [2.24, 2.45) is 5.92 Å². The van der Waals surface area contributed by atoms with E-state index >= 15 is 0 Å². The standard InChI is InChI=1S/C33H43FN4O2S/c1-33(2,3)28-21-35-32(36-22-28)16-18-38-17-15-26-20-29(13-12-27(26)23-38)41(39,40)37-31-14-11-25(19-30(31)34)10-6-9-24-7-4-5-8-24/h11-14,19-22,24,37H,4-10,15-18,23H2,1-3H3. The van der Waals surface area contributed by atoms with Crippen molar-refractivity contribution in [3.8, 4) is 0 Å². The fraction of sp³-hybridized carbons (Fsp3) is 0.515. The summed E-state index contributed by atoms with van der Waals surface area (Å²) in [4.78, 5) is 11.6. The van der Waals surface area contributed by atoms with Crippen LogP contribution in [0.25, 0.3) is 0 Å². The number of nitrogens with zero attached hydrogens (tertiary/aromatic N) is 3. The predicted molar refractivity (Wildman–Crippen MR) is 162 cm³/mol. The molecule has 0 amide bonds. The van der Waals surface area contributed by atoms with Gasteiger partial charge in [-0.15, -0.1) is 0 Å². The second-order valence-corrected chi connectivity index (χ2v) is 14.5. The predicted octanol–water partition coefficient (Wildman–Crippen LogP) is 6.83. The van der Waals surface area contributed by atoms with E-state index in [1.165, 1.54) is 38.2 Å². The van der Waals surface area contributed by atoms with Gasteiger partial charge in [0.25, 0.3) is 10.0 Å². The van der Waals surface area contributed by atoms with Crippen LogP contribution in [0, 0.1) is 11.7 Å². The lowest BCUT2D eigenvalue weighted by Gasteiger charge is -2.29. The van der Waals surface area contributed by atoms with Crippen molar-refractivity contribution in [3.63, 3.8) is 0 Å². The Kier molecular flexibility index (Phi) is 9.09. The number of aryl methyl sites for hydroxylation is 1. The number of anilines is 1. The lowest BCUT2D eigenvalue weighted by Crippen LogP contribution is -2.32. The quantitative estimate of drug-likeness (QED) is 0.286. The molecule has 5 rings (SSSR count). The summed E-state index contributed by atoms with van der Waals surface area (Å²) in [5.41, 5.74) is 4.20. The summed E-state index contributed by atoms with van der Waals surface area (Å²) in [7, 11) is -3.90. The van der Waals surface area contributed by atoms with Crippen molar-refractivity contribution in [1.29, 1.82) is 0 Å². The number of sulfonamides is 1. The molecule has 41 heavy (non-hydrogen) atoms. The van der Waals surface area contributed by atoms with Crippen molar-refractivity contribution in [1.82, 2.24) is 14.9 Å². The molecule has 1 fully saturated rings. The van der Waals surface area contributed by atoms with E-state index in [0.29, 0.717) is 0 Å². The van der Waals surface area contributed by atoms with E-state index in [2.05, 4.69) is 40.4 Å². The van der Waals surface area contributed by atoms with Crippen LogP contribution in [-0.4, -0.2) is 36.4 Å². The molecule has 3 aromatic rings. The minimum Gasteiger partial charge on any atom is -0.298 e. The van der Waals surface area contributed by atoms with Gasteiger partial charge in [0.05, 0.1) is 10.6 Å². The highest BCUT2D eigenvalue weighted by Crippen LogP contribution is 2.30. The average molecular weight is 579 g/mol. The lowest BCUT2D eigenvalue weighted by molar-refractivity contribution is 0.255. The zero-order chi connectivity index (χ0) is 29.0. The zero-order valence-electron chi connectivity index (χ0n) is 24.6. The third-order valence-corrected chi connectivity index (χ3v) is 10.00. The largest absolute Gasteiger partial charge is 0.298 e. The first-order valence-corrected chi connectivity index (χ1v) is 16.5. The highest BCUT2D eigenvalue weighted by molar-refractivity contribution is 7.92. The maximum Gasteiger partial charge on any atom is 0.261 e. The molecule has 0 radical (unpaired) electrons. The lowest BCUT2D eigenvalue weighted by atomic mass is 9.89. The molecular formula is C33H43FN4O2S. The fourth-order valence-corrected chi connectivity index (χ4v) is 7.09. The number of halogens is 1. The van der Waals surface area contributed by atoms with Crippen LogP contribution in [0.15, 0.2) is 53.7 Å². The summed E-state index contributed by atoms with van der Waals surface area (Å²) in [6, 6.07) is 10.1. The minimum atomic E-state index is -3.90. The molecule has 8 heteroatoms. The molecule has 1 aliphatic heterocycles. The van der Waals surface area contributed by atoms with Crippen molar-refractivity contribution < 1.29 is 12.8 Å². The van der Waals surface area contributed by atoms with E-state index in [1.54, 1.807) is 18.2 Å². The van der Waals surface area contributed by atoms with Crippen molar-refractivity contribution >= 4 is 15.7 Å². The number of nitrogens with one attached hydrogen (secondary N) is 1. The Morgan fingerprint density at radius 2 is 1.76 bits per heavy atom. The normalized spacial score (nSPS) is 16.6. The maximum absolute atomic E-state index is 14.9. The van der Waals surface area contributed by atoms with Crippen molar-refractivity contribution in [2.45, 2.75) is 95.4 Å². The van der Waals surface area contributed by atoms with Gasteiger partial charge in [0.1, 0.15) is 11.6 Å². The van der Waals surface area contributed by atoms with Crippen LogP contribution < -0.4 is 4.72 Å². The second-order valence-electron chi connectivity index (χ2n) is 12.8. The average Bonchev–Trinajstić information content (AvgIpc) is 3.46. The van der Waals surface area contributed by atoms with Gasteiger partial charge in [0.15, 0.2) is 0 Å². The smallest absolute Gasteiger partial charge is 0.261 e. The first-order valence-electron chi connectivity index (χ1n) is 15.0. The van der Waals surface area contributed by atoms with Gasteiger partial charge in [0, 0.05) is 38.4 Å². The first-order chi connectivity index (χ1) is 19.6. The van der Waals surface area contributed by atoms with Crippen LogP contribution in [0.3, 0.4) is 0 Å². The topological polar surface area (TPSA) is 75.2 Å². The van der Waals surface area contributed by atoms with Gasteiger partial charge < -0.3 is 0 Å². The molecule has 2 aliphatic rings. The van der Waals surface area contributed by atoms with Gasteiger partial charge in [-0.25, -0.2) is 22.8 Å². The molecule has 1 aliphatic carbocycles. The summed E-state index contributed by atoms with van der Waals surface area (Å²) < 4.78 is 43.6. The fourth-order valence-electron chi connectivity index (χ4n) is 5.97. The number of fused-ring (bicyclic) bond motifs is 1. The molecule has 0 bridgehead atoms. The van der Waals surface area contributed by atoms with E-state index in [4.69, 9.17) is 0 Å². The van der Waals surface area contributed by atoms with Gasteiger partial charge in [-0.1, -0.05) is 65.0 Å². The first kappa shape index (κ1) is 29.6. The Morgan fingerprint density at radius 1 is 1.00 bits per heavy atom.